The number of nitrogen functional groups attached to an aromatic ring is 1. The third-order valence-electron chi connectivity index (χ3n) is 12.8. The second-order valence-corrected chi connectivity index (χ2v) is 16.8. The Kier molecular flexibility index (Phi) is 10.5. The largest absolute Gasteiger partial charge is 0.507 e. The van der Waals surface area contributed by atoms with Crippen molar-refractivity contribution in [3.05, 3.63) is 218 Å². The Morgan fingerprint density at radius 3 is 0.882 bits per heavy atom. The lowest BCUT2D eigenvalue weighted by Crippen LogP contribution is -2.20. The fourth-order valence-electron chi connectivity index (χ4n) is 9.70. The molecule has 0 atom stereocenters. The van der Waals surface area contributed by atoms with Crippen molar-refractivity contribution >= 4 is 87.7 Å². The zero-order chi connectivity index (χ0) is 46.3. The van der Waals surface area contributed by atoms with Gasteiger partial charge in [-0.2, -0.15) is 0 Å². The van der Waals surface area contributed by atoms with Crippen LogP contribution in [0.1, 0.15) is 0 Å². The summed E-state index contributed by atoms with van der Waals surface area (Å²) in [7, 11) is 0. The van der Waals surface area contributed by atoms with Crippen LogP contribution in [0.3, 0.4) is 0 Å². The van der Waals surface area contributed by atoms with E-state index < -0.39 is 6.03 Å². The molecule has 7 nitrogen and oxygen atoms in total. The SMILES string of the molecule is Nc1ccc2ccccc2c1-c1c(O)ccc2ccccc12.O=C(Nc1ccc2ccccc2c1-c1c(O)ccc2ccccc12)Nc1ccc2ccccc2c1-c1c(O)ccc2ccccc12. The monoisotopic (exact) mass is 881 g/mol. The van der Waals surface area contributed by atoms with Crippen molar-refractivity contribution in [2.45, 2.75) is 0 Å². The third-order valence-corrected chi connectivity index (χ3v) is 12.8. The van der Waals surface area contributed by atoms with Crippen molar-refractivity contribution in [3.63, 3.8) is 0 Å². The summed E-state index contributed by atoms with van der Waals surface area (Å²) in [6.07, 6.45) is 0. The molecule has 0 aliphatic rings. The fraction of sp³-hybridized carbons (Fsp3) is 0. The Labute approximate surface area is 391 Å². The van der Waals surface area contributed by atoms with E-state index in [1.54, 1.807) is 18.2 Å². The van der Waals surface area contributed by atoms with Crippen molar-refractivity contribution in [2.24, 2.45) is 0 Å². The molecule has 7 N–H and O–H groups in total. The summed E-state index contributed by atoms with van der Waals surface area (Å²) in [5.41, 5.74) is 12.5. The van der Waals surface area contributed by atoms with E-state index in [1.165, 1.54) is 0 Å². The molecule has 7 heteroatoms. The molecule has 2 amide bonds. The van der Waals surface area contributed by atoms with Crippen molar-refractivity contribution in [1.82, 2.24) is 0 Å². The molecule has 0 aliphatic carbocycles. The molecule has 326 valence electrons. The van der Waals surface area contributed by atoms with Gasteiger partial charge in [0.1, 0.15) is 17.2 Å². The number of anilines is 3. The van der Waals surface area contributed by atoms with Gasteiger partial charge in [0.25, 0.3) is 0 Å². The summed E-state index contributed by atoms with van der Waals surface area (Å²) in [5.74, 6) is 0.505. The molecular weight excluding hydrogens is 839 g/mol. The number of carbonyl (C=O) groups excluding carboxylic acids is 1. The quantitative estimate of drug-likeness (QED) is 0.0960. The van der Waals surface area contributed by atoms with Gasteiger partial charge in [0, 0.05) is 39.1 Å². The normalized spacial score (nSPS) is 11.2. The van der Waals surface area contributed by atoms with Crippen LogP contribution in [0.5, 0.6) is 17.2 Å². The van der Waals surface area contributed by atoms with E-state index in [-0.39, 0.29) is 17.2 Å². The first-order valence-electron chi connectivity index (χ1n) is 22.3. The van der Waals surface area contributed by atoms with Gasteiger partial charge in [0.2, 0.25) is 0 Å². The number of benzene rings is 12. The van der Waals surface area contributed by atoms with Gasteiger partial charge in [-0.1, -0.05) is 182 Å². The highest BCUT2D eigenvalue weighted by Crippen LogP contribution is 2.47. The molecule has 0 aromatic heterocycles. The zero-order valence-electron chi connectivity index (χ0n) is 36.6. The Bertz CT molecular complexity index is 3700. The number of carbonyl (C=O) groups is 1. The van der Waals surface area contributed by atoms with Crippen LogP contribution in [0.2, 0.25) is 0 Å². The number of aromatic hydroxyl groups is 3. The van der Waals surface area contributed by atoms with E-state index in [0.717, 1.165) is 86.9 Å². The maximum Gasteiger partial charge on any atom is 0.323 e. The first-order chi connectivity index (χ1) is 33.3. The highest BCUT2D eigenvalue weighted by atomic mass is 16.3. The lowest BCUT2D eigenvalue weighted by molar-refractivity contribution is 0.262. The van der Waals surface area contributed by atoms with Gasteiger partial charge < -0.3 is 31.7 Å². The van der Waals surface area contributed by atoms with Crippen LogP contribution in [0, 0.1) is 0 Å². The topological polar surface area (TPSA) is 128 Å². The number of hydrogen-bond donors (Lipinski definition) is 6. The highest BCUT2D eigenvalue weighted by molar-refractivity contribution is 6.18. The lowest BCUT2D eigenvalue weighted by atomic mass is 9.91. The molecule has 68 heavy (non-hydrogen) atoms. The van der Waals surface area contributed by atoms with Crippen molar-refractivity contribution in [2.75, 3.05) is 16.4 Å². The molecule has 0 aliphatic heterocycles. The molecule has 0 bridgehead atoms. The van der Waals surface area contributed by atoms with Gasteiger partial charge in [-0.05, 0) is 101 Å². The van der Waals surface area contributed by atoms with Crippen molar-refractivity contribution in [3.8, 4) is 50.6 Å². The molecule has 0 unspecified atom stereocenters. The van der Waals surface area contributed by atoms with Crippen LogP contribution in [-0.4, -0.2) is 21.4 Å². The van der Waals surface area contributed by atoms with Gasteiger partial charge in [0.15, 0.2) is 0 Å². The Hall–Kier alpha value is -9.33. The number of phenols is 3. The standard InChI is InChI=1S/C41H28N2O3.C20H15NO/c44-35-23-19-27-11-3-7-15-31(27)39(35)37-29-13-5-1-9-25(29)17-21-33(37)42-41(46)43-34-22-18-26-10-2-6-14-30(26)38(34)40-32-16-8-4-12-28(32)20-24-36(40)45;21-17-11-9-13-5-1-3-7-15(13)19(17)20-16-8-4-2-6-14(16)10-12-18(20)22/h1-24,44-45H,(H2,42,43,46);1-12,22H,21H2. The molecule has 0 fully saturated rings. The summed E-state index contributed by atoms with van der Waals surface area (Å²) in [4.78, 5) is 14.0. The van der Waals surface area contributed by atoms with Crippen LogP contribution < -0.4 is 16.4 Å². The minimum atomic E-state index is -0.451. The predicted octanol–water partition coefficient (Wildman–Crippen LogP) is 15.6. The highest BCUT2D eigenvalue weighted by Gasteiger charge is 2.22. The van der Waals surface area contributed by atoms with Crippen LogP contribution in [0.15, 0.2) is 218 Å². The molecule has 0 radical (unpaired) electrons. The molecule has 0 spiro atoms. The summed E-state index contributed by atoms with van der Waals surface area (Å²) >= 11 is 0. The molecule has 0 saturated carbocycles. The first kappa shape index (κ1) is 41.4. The number of fused-ring (bicyclic) bond motifs is 6. The molecule has 12 aromatic rings. The maximum atomic E-state index is 14.0. The lowest BCUT2D eigenvalue weighted by Gasteiger charge is -2.20. The number of amides is 2. The van der Waals surface area contributed by atoms with Gasteiger partial charge in [-0.15, -0.1) is 0 Å². The Morgan fingerprint density at radius 2 is 0.544 bits per heavy atom. The molecule has 12 rings (SSSR count). The fourth-order valence-corrected chi connectivity index (χ4v) is 9.70. The van der Waals surface area contributed by atoms with Crippen LogP contribution in [-0.2, 0) is 0 Å². The van der Waals surface area contributed by atoms with E-state index >= 15 is 0 Å². The van der Waals surface area contributed by atoms with Gasteiger partial charge >= 0.3 is 6.03 Å². The van der Waals surface area contributed by atoms with E-state index in [9.17, 15) is 20.1 Å². The van der Waals surface area contributed by atoms with Crippen LogP contribution in [0.4, 0.5) is 21.9 Å². The van der Waals surface area contributed by atoms with Crippen LogP contribution >= 0.6 is 0 Å². The number of phenolic OH excluding ortho intramolecular Hbond substituents is 3. The van der Waals surface area contributed by atoms with E-state index in [4.69, 9.17) is 5.73 Å². The number of nitrogens with two attached hydrogens (primary N) is 1. The molecule has 0 saturated heterocycles. The van der Waals surface area contributed by atoms with Crippen molar-refractivity contribution in [1.29, 1.82) is 0 Å². The second-order valence-electron chi connectivity index (χ2n) is 16.8. The minimum Gasteiger partial charge on any atom is -0.507 e. The summed E-state index contributed by atoms with van der Waals surface area (Å²) in [6.45, 7) is 0. The number of rotatable bonds is 5. The van der Waals surface area contributed by atoms with Gasteiger partial charge in [-0.25, -0.2) is 4.79 Å². The molecule has 0 heterocycles. The smallest absolute Gasteiger partial charge is 0.323 e. The summed E-state index contributed by atoms with van der Waals surface area (Å²) < 4.78 is 0. The third kappa shape index (κ3) is 7.34. The van der Waals surface area contributed by atoms with Crippen LogP contribution in [0.25, 0.3) is 98.0 Å². The minimum absolute atomic E-state index is 0.127. The zero-order valence-corrected chi connectivity index (χ0v) is 36.6. The number of hydrogen-bond acceptors (Lipinski definition) is 5. The average molecular weight is 882 g/mol. The summed E-state index contributed by atoms with van der Waals surface area (Å²) in [6, 6.07) is 69.8. The van der Waals surface area contributed by atoms with E-state index in [2.05, 4.69) is 16.7 Å². The summed E-state index contributed by atoms with van der Waals surface area (Å²) in [5, 5.41) is 50.9. The van der Waals surface area contributed by atoms with E-state index in [0.29, 0.717) is 28.2 Å². The number of urea groups is 1. The maximum absolute atomic E-state index is 14.0. The predicted molar refractivity (Wildman–Crippen MR) is 283 cm³/mol. The number of nitrogens with one attached hydrogen (secondary N) is 2. The molecular formula is C61H43N3O4. The Balaban J connectivity index is 0.000000192. The van der Waals surface area contributed by atoms with Gasteiger partial charge in [-0.3, -0.25) is 0 Å². The Morgan fingerprint density at radius 1 is 0.294 bits per heavy atom. The van der Waals surface area contributed by atoms with E-state index in [1.807, 2.05) is 194 Å². The van der Waals surface area contributed by atoms with Gasteiger partial charge in [0.05, 0.1) is 11.4 Å². The van der Waals surface area contributed by atoms with Crippen molar-refractivity contribution < 1.29 is 20.1 Å². The first-order valence-corrected chi connectivity index (χ1v) is 22.3. The second kappa shape index (κ2) is 17.2. The molecule has 12 aromatic carbocycles. The average Bonchev–Trinajstić information content (AvgIpc) is 3.37.